The lowest BCUT2D eigenvalue weighted by atomic mass is 10.2. The Morgan fingerprint density at radius 3 is 2.76 bits per heavy atom. The summed E-state index contributed by atoms with van der Waals surface area (Å²) in [7, 11) is 0. The summed E-state index contributed by atoms with van der Waals surface area (Å²) in [6.45, 7) is 8.38. The molecule has 0 bridgehead atoms. The summed E-state index contributed by atoms with van der Waals surface area (Å²) >= 11 is 6.00. The van der Waals surface area contributed by atoms with Crippen molar-refractivity contribution in [2.45, 2.75) is 40.3 Å². The molecular formula is C17H22ClNO2. The van der Waals surface area contributed by atoms with E-state index in [1.807, 2.05) is 32.0 Å². The van der Waals surface area contributed by atoms with E-state index in [0.29, 0.717) is 6.61 Å². The number of benzene rings is 1. The molecule has 1 heterocycles. The second-order valence-electron chi connectivity index (χ2n) is 5.17. The smallest absolute Gasteiger partial charge is 0.146 e. The van der Waals surface area contributed by atoms with Crippen LogP contribution in [-0.4, -0.2) is 6.54 Å². The quantitative estimate of drug-likeness (QED) is 0.757. The van der Waals surface area contributed by atoms with Crippen LogP contribution in [0.25, 0.3) is 0 Å². The zero-order chi connectivity index (χ0) is 15.2. The molecule has 21 heavy (non-hydrogen) atoms. The van der Waals surface area contributed by atoms with E-state index in [1.165, 1.54) is 5.56 Å². The van der Waals surface area contributed by atoms with Crippen molar-refractivity contribution in [2.24, 2.45) is 0 Å². The number of hydrogen-bond donors (Lipinski definition) is 1. The van der Waals surface area contributed by atoms with Gasteiger partial charge in [0.2, 0.25) is 0 Å². The van der Waals surface area contributed by atoms with Crippen LogP contribution in [0.3, 0.4) is 0 Å². The number of ether oxygens (including phenoxy) is 1. The van der Waals surface area contributed by atoms with Crippen LogP contribution in [-0.2, 0) is 13.2 Å². The molecule has 3 nitrogen and oxygen atoms in total. The van der Waals surface area contributed by atoms with Gasteiger partial charge in [0.25, 0.3) is 0 Å². The van der Waals surface area contributed by atoms with Crippen LogP contribution >= 0.6 is 11.6 Å². The highest BCUT2D eigenvalue weighted by Crippen LogP contribution is 2.22. The first-order chi connectivity index (χ1) is 10.1. The average Bonchev–Trinajstić information content (AvgIpc) is 2.81. The Balaban J connectivity index is 1.93. The van der Waals surface area contributed by atoms with Crippen molar-refractivity contribution in [3.8, 4) is 5.75 Å². The van der Waals surface area contributed by atoms with Crippen molar-refractivity contribution >= 4 is 11.6 Å². The SMILES string of the molecule is CCCNCc1cc(COc2ccc(Cl)c(C)c2)oc1C. The highest BCUT2D eigenvalue weighted by molar-refractivity contribution is 6.31. The van der Waals surface area contributed by atoms with Crippen molar-refractivity contribution in [3.63, 3.8) is 0 Å². The molecule has 1 aromatic carbocycles. The predicted molar refractivity (Wildman–Crippen MR) is 86.0 cm³/mol. The van der Waals surface area contributed by atoms with Gasteiger partial charge in [-0.3, -0.25) is 0 Å². The Morgan fingerprint density at radius 2 is 2.05 bits per heavy atom. The van der Waals surface area contributed by atoms with Crippen LogP contribution in [0.1, 0.15) is 36.0 Å². The van der Waals surface area contributed by atoms with Crippen LogP contribution < -0.4 is 10.1 Å². The van der Waals surface area contributed by atoms with E-state index in [9.17, 15) is 0 Å². The molecule has 0 saturated heterocycles. The van der Waals surface area contributed by atoms with Gasteiger partial charge in [-0.15, -0.1) is 0 Å². The highest BCUT2D eigenvalue weighted by Gasteiger charge is 2.08. The van der Waals surface area contributed by atoms with Crippen LogP contribution in [0.2, 0.25) is 5.02 Å². The van der Waals surface area contributed by atoms with Gasteiger partial charge in [0, 0.05) is 17.1 Å². The molecule has 0 spiro atoms. The van der Waals surface area contributed by atoms with Crippen LogP contribution in [0.4, 0.5) is 0 Å². The van der Waals surface area contributed by atoms with E-state index in [-0.39, 0.29) is 0 Å². The second kappa shape index (κ2) is 7.53. The number of hydrogen-bond acceptors (Lipinski definition) is 3. The molecule has 0 saturated carbocycles. The standard InChI is InChI=1S/C17H22ClNO2/c1-4-7-19-10-14-9-16(21-13(14)3)11-20-15-5-6-17(18)12(2)8-15/h5-6,8-9,19H,4,7,10-11H2,1-3H3. The maximum absolute atomic E-state index is 6.00. The number of halogens is 1. The summed E-state index contributed by atoms with van der Waals surface area (Å²) < 4.78 is 11.5. The van der Waals surface area contributed by atoms with E-state index in [1.54, 1.807) is 0 Å². The lowest BCUT2D eigenvalue weighted by molar-refractivity contribution is 0.267. The molecule has 0 unspecified atom stereocenters. The van der Waals surface area contributed by atoms with Gasteiger partial charge in [-0.2, -0.15) is 0 Å². The number of nitrogens with one attached hydrogen (secondary N) is 1. The van der Waals surface area contributed by atoms with E-state index >= 15 is 0 Å². The maximum Gasteiger partial charge on any atom is 0.146 e. The van der Waals surface area contributed by atoms with Gasteiger partial charge in [-0.05, 0) is 56.6 Å². The van der Waals surface area contributed by atoms with Gasteiger partial charge < -0.3 is 14.5 Å². The first kappa shape index (κ1) is 15.9. The third kappa shape index (κ3) is 4.51. The lowest BCUT2D eigenvalue weighted by Gasteiger charge is -2.05. The van der Waals surface area contributed by atoms with Crippen LogP contribution in [0, 0.1) is 13.8 Å². The Morgan fingerprint density at radius 1 is 1.24 bits per heavy atom. The van der Waals surface area contributed by atoms with Crippen molar-refractivity contribution < 1.29 is 9.15 Å². The molecule has 0 amide bonds. The Kier molecular flexibility index (Phi) is 5.71. The summed E-state index contributed by atoms with van der Waals surface area (Å²) in [6, 6.07) is 7.71. The third-order valence-corrected chi connectivity index (χ3v) is 3.75. The van der Waals surface area contributed by atoms with Crippen molar-refractivity contribution in [3.05, 3.63) is 51.9 Å². The highest BCUT2D eigenvalue weighted by atomic mass is 35.5. The second-order valence-corrected chi connectivity index (χ2v) is 5.58. The van der Waals surface area contributed by atoms with Gasteiger partial charge in [0.15, 0.2) is 0 Å². The van der Waals surface area contributed by atoms with Gasteiger partial charge in [0.05, 0.1) is 0 Å². The fraction of sp³-hybridized carbons (Fsp3) is 0.412. The average molecular weight is 308 g/mol. The molecule has 0 aliphatic heterocycles. The fourth-order valence-corrected chi connectivity index (χ4v) is 2.21. The Hall–Kier alpha value is -1.45. The zero-order valence-electron chi connectivity index (χ0n) is 12.8. The molecule has 2 aromatic rings. The minimum absolute atomic E-state index is 0.426. The van der Waals surface area contributed by atoms with Gasteiger partial charge in [-0.25, -0.2) is 0 Å². The van der Waals surface area contributed by atoms with Gasteiger partial charge in [-0.1, -0.05) is 18.5 Å². The summed E-state index contributed by atoms with van der Waals surface area (Å²) in [5.41, 5.74) is 2.20. The van der Waals surface area contributed by atoms with Crippen LogP contribution in [0.5, 0.6) is 5.75 Å². The monoisotopic (exact) mass is 307 g/mol. The molecule has 0 atom stereocenters. The van der Waals surface area contributed by atoms with Crippen molar-refractivity contribution in [1.82, 2.24) is 5.32 Å². The predicted octanol–water partition coefficient (Wildman–Crippen LogP) is 4.63. The minimum Gasteiger partial charge on any atom is -0.486 e. The van der Waals surface area contributed by atoms with E-state index in [2.05, 4.69) is 18.3 Å². The van der Waals surface area contributed by atoms with E-state index in [0.717, 1.165) is 47.4 Å². The zero-order valence-corrected chi connectivity index (χ0v) is 13.6. The topological polar surface area (TPSA) is 34.4 Å². The molecule has 2 rings (SSSR count). The summed E-state index contributed by atoms with van der Waals surface area (Å²) in [5, 5.41) is 4.13. The summed E-state index contributed by atoms with van der Waals surface area (Å²) in [4.78, 5) is 0. The maximum atomic E-state index is 6.00. The normalized spacial score (nSPS) is 10.9. The van der Waals surface area contributed by atoms with Crippen LogP contribution in [0.15, 0.2) is 28.7 Å². The van der Waals surface area contributed by atoms with Crippen molar-refractivity contribution in [2.75, 3.05) is 6.54 Å². The van der Waals surface area contributed by atoms with Crippen molar-refractivity contribution in [1.29, 1.82) is 0 Å². The third-order valence-electron chi connectivity index (χ3n) is 3.32. The molecule has 0 aliphatic rings. The summed E-state index contributed by atoms with van der Waals surface area (Å²) in [5.74, 6) is 2.59. The van der Waals surface area contributed by atoms with Gasteiger partial charge in [0.1, 0.15) is 23.9 Å². The number of furan rings is 1. The molecule has 0 fully saturated rings. The van der Waals surface area contributed by atoms with E-state index < -0.39 is 0 Å². The first-order valence-corrected chi connectivity index (χ1v) is 7.65. The molecule has 1 aromatic heterocycles. The fourth-order valence-electron chi connectivity index (χ4n) is 2.10. The lowest BCUT2D eigenvalue weighted by Crippen LogP contribution is -2.13. The van der Waals surface area contributed by atoms with E-state index in [4.69, 9.17) is 20.8 Å². The molecule has 1 N–H and O–H groups in total. The summed E-state index contributed by atoms with van der Waals surface area (Å²) in [6.07, 6.45) is 1.13. The molecule has 114 valence electrons. The molecule has 4 heteroatoms. The minimum atomic E-state index is 0.426. The number of aryl methyl sites for hydroxylation is 2. The first-order valence-electron chi connectivity index (χ1n) is 7.28. The van der Waals surface area contributed by atoms with Gasteiger partial charge >= 0.3 is 0 Å². The Bertz CT molecular complexity index is 592. The molecule has 0 radical (unpaired) electrons. The molecule has 0 aliphatic carbocycles. The Labute approximate surface area is 131 Å². The molecular weight excluding hydrogens is 286 g/mol. The largest absolute Gasteiger partial charge is 0.486 e. The number of rotatable bonds is 7.